The van der Waals surface area contributed by atoms with E-state index in [0.717, 1.165) is 31.2 Å². The number of hydrogen-bond donors (Lipinski definition) is 1. The molecular formula is C25H34N2O4S. The number of methoxy groups -OCH3 is 1. The van der Waals surface area contributed by atoms with Crippen molar-refractivity contribution in [3.8, 4) is 5.75 Å². The number of nitrogens with zero attached hydrogens (tertiary/aromatic N) is 1. The molecular weight excluding hydrogens is 424 g/mol. The summed E-state index contributed by atoms with van der Waals surface area (Å²) in [5.41, 5.74) is 3.70. The summed E-state index contributed by atoms with van der Waals surface area (Å²) in [5, 5.41) is 2.95. The minimum Gasteiger partial charge on any atom is -0.496 e. The molecule has 0 atom stereocenters. The van der Waals surface area contributed by atoms with E-state index in [4.69, 9.17) is 4.74 Å². The number of nitrogens with one attached hydrogen (secondary N) is 1. The van der Waals surface area contributed by atoms with Gasteiger partial charge in [0.05, 0.1) is 17.6 Å². The highest BCUT2D eigenvalue weighted by atomic mass is 32.2. The molecule has 0 saturated carbocycles. The molecule has 2 aromatic rings. The Labute approximate surface area is 192 Å². The first kappa shape index (κ1) is 24.3. The molecule has 0 unspecified atom stereocenters. The molecule has 1 amide bonds. The number of carbonyl (C=O) groups is 1. The number of amides is 1. The lowest BCUT2D eigenvalue weighted by Gasteiger charge is -2.29. The Morgan fingerprint density at radius 1 is 1.06 bits per heavy atom. The smallest absolute Gasteiger partial charge is 0.255 e. The van der Waals surface area contributed by atoms with Crippen LogP contribution < -0.4 is 10.1 Å². The van der Waals surface area contributed by atoms with Gasteiger partial charge >= 0.3 is 0 Å². The molecule has 1 N–H and O–H groups in total. The van der Waals surface area contributed by atoms with Crippen LogP contribution >= 0.6 is 0 Å². The van der Waals surface area contributed by atoms with E-state index in [2.05, 4.69) is 44.3 Å². The average molecular weight is 459 g/mol. The molecule has 7 heteroatoms. The van der Waals surface area contributed by atoms with Crippen molar-refractivity contribution in [2.75, 3.05) is 20.2 Å². The first-order chi connectivity index (χ1) is 15.3. The van der Waals surface area contributed by atoms with Crippen LogP contribution in [0.4, 0.5) is 0 Å². The number of sulfonamides is 1. The van der Waals surface area contributed by atoms with Gasteiger partial charge in [0.1, 0.15) is 5.75 Å². The Morgan fingerprint density at radius 2 is 1.78 bits per heavy atom. The molecule has 1 aliphatic heterocycles. The van der Waals surface area contributed by atoms with Gasteiger partial charge in [-0.25, -0.2) is 8.42 Å². The van der Waals surface area contributed by atoms with E-state index in [-0.39, 0.29) is 16.4 Å². The van der Waals surface area contributed by atoms with Crippen LogP contribution in [0.3, 0.4) is 0 Å². The Balaban J connectivity index is 1.83. The Kier molecular flexibility index (Phi) is 7.96. The molecule has 0 bridgehead atoms. The zero-order chi connectivity index (χ0) is 23.3. The second-order valence-electron chi connectivity index (χ2n) is 8.44. The third kappa shape index (κ3) is 5.33. The van der Waals surface area contributed by atoms with Crippen molar-refractivity contribution in [2.24, 2.45) is 5.92 Å². The van der Waals surface area contributed by atoms with Crippen LogP contribution in [0, 0.1) is 5.92 Å². The summed E-state index contributed by atoms with van der Waals surface area (Å²) in [5.74, 6) is 0.528. The number of piperidine rings is 1. The number of benzene rings is 2. The highest BCUT2D eigenvalue weighted by molar-refractivity contribution is 7.89. The largest absolute Gasteiger partial charge is 0.496 e. The number of ether oxygens (including phenoxy) is 1. The van der Waals surface area contributed by atoms with Crippen LogP contribution in [0.5, 0.6) is 5.75 Å². The molecule has 3 rings (SSSR count). The van der Waals surface area contributed by atoms with Gasteiger partial charge in [-0.2, -0.15) is 4.31 Å². The maximum Gasteiger partial charge on any atom is 0.255 e. The van der Waals surface area contributed by atoms with Gasteiger partial charge in [-0.1, -0.05) is 39.0 Å². The Bertz CT molecular complexity index is 1060. The SMILES string of the molecule is CCc1ccc(CC)c(CNC(=O)c2cc(S(=O)(=O)N3CCC(C)CC3)ccc2OC)c1. The van der Waals surface area contributed by atoms with Gasteiger partial charge in [-0.15, -0.1) is 0 Å². The molecule has 0 aliphatic carbocycles. The molecule has 0 radical (unpaired) electrons. The van der Waals surface area contributed by atoms with E-state index in [1.807, 2.05) is 0 Å². The van der Waals surface area contributed by atoms with Crippen molar-refractivity contribution < 1.29 is 17.9 Å². The molecule has 1 fully saturated rings. The van der Waals surface area contributed by atoms with Gasteiger partial charge in [0.2, 0.25) is 10.0 Å². The fourth-order valence-corrected chi connectivity index (χ4v) is 5.58. The molecule has 32 heavy (non-hydrogen) atoms. The van der Waals surface area contributed by atoms with Crippen molar-refractivity contribution in [1.82, 2.24) is 9.62 Å². The molecule has 6 nitrogen and oxygen atoms in total. The zero-order valence-corrected chi connectivity index (χ0v) is 20.3. The zero-order valence-electron chi connectivity index (χ0n) is 19.5. The number of carbonyl (C=O) groups excluding carboxylic acids is 1. The van der Waals surface area contributed by atoms with E-state index in [0.29, 0.717) is 31.3 Å². The van der Waals surface area contributed by atoms with Gasteiger partial charge in [-0.05, 0) is 66.5 Å². The van der Waals surface area contributed by atoms with Crippen molar-refractivity contribution in [3.05, 3.63) is 58.7 Å². The van der Waals surface area contributed by atoms with Crippen LogP contribution in [-0.4, -0.2) is 38.8 Å². The third-order valence-corrected chi connectivity index (χ3v) is 8.19. The summed E-state index contributed by atoms with van der Waals surface area (Å²) in [6, 6.07) is 10.8. The number of aryl methyl sites for hydroxylation is 2. The molecule has 0 spiro atoms. The maximum atomic E-state index is 13.2. The van der Waals surface area contributed by atoms with Crippen molar-refractivity contribution in [3.63, 3.8) is 0 Å². The summed E-state index contributed by atoms with van der Waals surface area (Å²) in [6.07, 6.45) is 3.49. The molecule has 0 aromatic heterocycles. The lowest BCUT2D eigenvalue weighted by atomic mass is 10.0. The van der Waals surface area contributed by atoms with Crippen LogP contribution in [-0.2, 0) is 29.4 Å². The minimum atomic E-state index is -3.66. The predicted octanol–water partition coefficient (Wildman–Crippen LogP) is 4.17. The van der Waals surface area contributed by atoms with Gasteiger partial charge in [0.15, 0.2) is 0 Å². The fourth-order valence-electron chi connectivity index (χ4n) is 4.08. The van der Waals surface area contributed by atoms with Gasteiger partial charge in [0, 0.05) is 19.6 Å². The highest BCUT2D eigenvalue weighted by Crippen LogP contribution is 2.27. The molecule has 2 aromatic carbocycles. The maximum absolute atomic E-state index is 13.2. The first-order valence-corrected chi connectivity index (χ1v) is 12.8. The topological polar surface area (TPSA) is 75.7 Å². The highest BCUT2D eigenvalue weighted by Gasteiger charge is 2.29. The van der Waals surface area contributed by atoms with Crippen LogP contribution in [0.25, 0.3) is 0 Å². The summed E-state index contributed by atoms with van der Waals surface area (Å²) in [4.78, 5) is 13.2. The van der Waals surface area contributed by atoms with Crippen molar-refractivity contribution in [2.45, 2.75) is 57.9 Å². The normalized spacial score (nSPS) is 15.5. The van der Waals surface area contributed by atoms with E-state index >= 15 is 0 Å². The lowest BCUT2D eigenvalue weighted by Crippen LogP contribution is -2.38. The number of hydrogen-bond acceptors (Lipinski definition) is 4. The van der Waals surface area contributed by atoms with Crippen molar-refractivity contribution in [1.29, 1.82) is 0 Å². The van der Waals surface area contributed by atoms with E-state index in [1.54, 1.807) is 6.07 Å². The monoisotopic (exact) mass is 458 g/mol. The second kappa shape index (κ2) is 10.5. The van der Waals surface area contributed by atoms with Gasteiger partial charge in [-0.3, -0.25) is 4.79 Å². The summed E-state index contributed by atoms with van der Waals surface area (Å²) < 4.78 is 33.2. The minimum absolute atomic E-state index is 0.125. The Morgan fingerprint density at radius 3 is 2.41 bits per heavy atom. The second-order valence-corrected chi connectivity index (χ2v) is 10.4. The molecule has 1 heterocycles. The number of rotatable bonds is 8. The molecule has 1 saturated heterocycles. The summed E-state index contributed by atoms with van der Waals surface area (Å²) >= 11 is 0. The lowest BCUT2D eigenvalue weighted by molar-refractivity contribution is 0.0947. The van der Waals surface area contributed by atoms with E-state index < -0.39 is 10.0 Å². The average Bonchev–Trinajstić information content (AvgIpc) is 2.82. The fraction of sp³-hybridized carbons (Fsp3) is 0.480. The van der Waals surface area contributed by atoms with Crippen molar-refractivity contribution >= 4 is 15.9 Å². The molecule has 1 aliphatic rings. The summed E-state index contributed by atoms with van der Waals surface area (Å²) in [6.45, 7) is 7.71. The standard InChI is InChI=1S/C25H34N2O4S/c1-5-19-7-8-20(6-2)21(15-19)17-26-25(28)23-16-22(9-10-24(23)31-4)32(29,30)27-13-11-18(3)12-14-27/h7-10,15-16,18H,5-6,11-14,17H2,1-4H3,(H,26,28). The van der Waals surface area contributed by atoms with E-state index in [1.165, 1.54) is 34.7 Å². The van der Waals surface area contributed by atoms with Crippen LogP contribution in [0.2, 0.25) is 0 Å². The first-order valence-electron chi connectivity index (χ1n) is 11.4. The van der Waals surface area contributed by atoms with E-state index in [9.17, 15) is 13.2 Å². The Hall–Kier alpha value is -2.38. The third-order valence-electron chi connectivity index (χ3n) is 6.30. The summed E-state index contributed by atoms with van der Waals surface area (Å²) in [7, 11) is -2.18. The quantitative estimate of drug-likeness (QED) is 0.644. The van der Waals surface area contributed by atoms with Crippen LogP contribution in [0.1, 0.15) is 60.7 Å². The predicted molar refractivity (Wildman–Crippen MR) is 127 cm³/mol. The van der Waals surface area contributed by atoms with Gasteiger partial charge < -0.3 is 10.1 Å². The van der Waals surface area contributed by atoms with Crippen LogP contribution in [0.15, 0.2) is 41.3 Å². The molecule has 174 valence electrons. The van der Waals surface area contributed by atoms with Gasteiger partial charge in [0.25, 0.3) is 5.91 Å².